The van der Waals surface area contributed by atoms with Gasteiger partial charge in [0.15, 0.2) is 0 Å². The second kappa shape index (κ2) is 6.66. The number of halogens is 3. The van der Waals surface area contributed by atoms with Crippen molar-refractivity contribution in [3.63, 3.8) is 0 Å². The summed E-state index contributed by atoms with van der Waals surface area (Å²) in [6.45, 7) is 2.08. The minimum Gasteiger partial charge on any atom is -0.384 e. The Morgan fingerprint density at radius 2 is 1.84 bits per heavy atom. The first-order valence-electron chi connectivity index (χ1n) is 6.43. The Labute approximate surface area is 120 Å². The molecule has 5 heteroatoms. The van der Waals surface area contributed by atoms with Gasteiger partial charge in [-0.3, -0.25) is 0 Å². The molecule has 0 spiro atoms. The maximum atomic E-state index is 14.0. The lowest BCUT2D eigenvalue weighted by Crippen LogP contribution is -2.36. The number of rotatable bonds is 4. The van der Waals surface area contributed by atoms with Crippen molar-refractivity contribution in [3.8, 4) is 0 Å². The maximum Gasteiger partial charge on any atom is 0.149 e. The summed E-state index contributed by atoms with van der Waals surface area (Å²) in [4.78, 5) is 1.80. The molecule has 0 unspecified atom stereocenters. The monoisotopic (exact) mass is 333 g/mol. The van der Waals surface area contributed by atoms with Crippen molar-refractivity contribution < 1.29 is 13.5 Å². The van der Waals surface area contributed by atoms with Gasteiger partial charge in [-0.15, -0.1) is 0 Å². The molecule has 1 aliphatic heterocycles. The minimum absolute atomic E-state index is 0.112. The average molecular weight is 334 g/mol. The molecule has 2 rings (SSSR count). The summed E-state index contributed by atoms with van der Waals surface area (Å²) in [5.74, 6) is -0.450. The number of alkyl halides is 1. The summed E-state index contributed by atoms with van der Waals surface area (Å²) in [5, 5.41) is 0.455. The molecule has 1 saturated heterocycles. The quantitative estimate of drug-likeness (QED) is 0.778. The van der Waals surface area contributed by atoms with E-state index in [1.807, 2.05) is 0 Å². The molecule has 0 aliphatic carbocycles. The van der Waals surface area contributed by atoms with E-state index >= 15 is 0 Å². The Balaban J connectivity index is 2.11. The fraction of sp³-hybridized carbons (Fsp3) is 0.571. The van der Waals surface area contributed by atoms with Crippen LogP contribution in [0.1, 0.15) is 18.4 Å². The van der Waals surface area contributed by atoms with Crippen LogP contribution >= 0.6 is 15.9 Å². The first kappa shape index (κ1) is 14.7. The van der Waals surface area contributed by atoms with E-state index in [9.17, 15) is 8.78 Å². The van der Waals surface area contributed by atoms with Gasteiger partial charge < -0.3 is 9.64 Å². The van der Waals surface area contributed by atoms with Gasteiger partial charge in [0.1, 0.15) is 17.3 Å². The molecule has 2 nitrogen and oxygen atoms in total. The molecule has 0 aromatic heterocycles. The molecule has 1 heterocycles. The third kappa shape index (κ3) is 3.45. The van der Waals surface area contributed by atoms with E-state index in [-0.39, 0.29) is 5.69 Å². The summed E-state index contributed by atoms with van der Waals surface area (Å²) in [6, 6.07) is 2.79. The van der Waals surface area contributed by atoms with E-state index in [1.54, 1.807) is 12.0 Å². The molecule has 0 atom stereocenters. The highest BCUT2D eigenvalue weighted by Gasteiger charge is 2.24. The zero-order valence-electron chi connectivity index (χ0n) is 11.0. The second-order valence-corrected chi connectivity index (χ2v) is 5.49. The van der Waals surface area contributed by atoms with Gasteiger partial charge in [-0.25, -0.2) is 8.78 Å². The minimum atomic E-state index is -0.473. The zero-order valence-corrected chi connectivity index (χ0v) is 12.6. The number of benzene rings is 1. The van der Waals surface area contributed by atoms with Gasteiger partial charge in [-0.2, -0.15) is 0 Å². The molecule has 0 amide bonds. The highest BCUT2D eigenvalue weighted by Crippen LogP contribution is 2.29. The molecule has 0 radical (unpaired) electrons. The normalized spacial score (nSPS) is 16.9. The van der Waals surface area contributed by atoms with E-state index < -0.39 is 11.6 Å². The van der Waals surface area contributed by atoms with E-state index in [0.29, 0.717) is 29.9 Å². The molecular weight excluding hydrogens is 316 g/mol. The van der Waals surface area contributed by atoms with Crippen LogP contribution in [0.4, 0.5) is 14.5 Å². The van der Waals surface area contributed by atoms with Crippen molar-refractivity contribution in [2.24, 2.45) is 5.92 Å². The lowest BCUT2D eigenvalue weighted by Gasteiger charge is -2.33. The Kier molecular flexibility index (Phi) is 5.16. The van der Waals surface area contributed by atoms with Crippen LogP contribution in [0, 0.1) is 17.6 Å². The third-order valence-electron chi connectivity index (χ3n) is 3.56. The molecule has 1 fully saturated rings. The van der Waals surface area contributed by atoms with Gasteiger partial charge in [0.05, 0.1) is 0 Å². The number of piperidine rings is 1. The van der Waals surface area contributed by atoms with Gasteiger partial charge in [0.2, 0.25) is 0 Å². The van der Waals surface area contributed by atoms with Crippen LogP contribution < -0.4 is 4.90 Å². The van der Waals surface area contributed by atoms with Crippen LogP contribution in [-0.2, 0) is 10.1 Å². The summed E-state index contributed by atoms with van der Waals surface area (Å²) in [6.07, 6.45) is 1.82. The van der Waals surface area contributed by atoms with Crippen LogP contribution in [0.5, 0.6) is 0 Å². The number of hydrogen-bond donors (Lipinski definition) is 0. The molecule has 0 N–H and O–H groups in total. The number of methoxy groups -OCH3 is 1. The van der Waals surface area contributed by atoms with Gasteiger partial charge in [0, 0.05) is 32.1 Å². The highest BCUT2D eigenvalue weighted by atomic mass is 79.9. The van der Waals surface area contributed by atoms with Crippen LogP contribution in [0.2, 0.25) is 0 Å². The highest BCUT2D eigenvalue weighted by molar-refractivity contribution is 9.08. The van der Waals surface area contributed by atoms with E-state index in [2.05, 4.69) is 15.9 Å². The van der Waals surface area contributed by atoms with Crippen molar-refractivity contribution >= 4 is 21.6 Å². The topological polar surface area (TPSA) is 12.5 Å². The lowest BCUT2D eigenvalue weighted by atomic mass is 9.97. The number of ether oxygens (including phenoxy) is 1. The smallest absolute Gasteiger partial charge is 0.149 e. The molecule has 1 aromatic rings. The fourth-order valence-corrected chi connectivity index (χ4v) is 2.88. The van der Waals surface area contributed by atoms with Crippen molar-refractivity contribution in [3.05, 3.63) is 29.3 Å². The predicted octanol–water partition coefficient (Wildman–Crippen LogP) is 3.72. The van der Waals surface area contributed by atoms with Crippen LogP contribution in [0.25, 0.3) is 0 Å². The van der Waals surface area contributed by atoms with Crippen molar-refractivity contribution in [1.29, 1.82) is 0 Å². The molecular formula is C14H18BrF2NO. The SMILES string of the molecule is COCC1CCN(c2c(F)cc(CBr)cc2F)CC1. The van der Waals surface area contributed by atoms with Crippen LogP contribution in [0.3, 0.4) is 0 Å². The standard InChI is InChI=1S/C14H18BrF2NO/c1-19-9-10-2-4-18(5-3-10)14-12(16)6-11(8-15)7-13(14)17/h6-7,10H,2-5,8-9H2,1H3. The van der Waals surface area contributed by atoms with E-state index in [1.165, 1.54) is 12.1 Å². The summed E-state index contributed by atoms with van der Waals surface area (Å²) < 4.78 is 33.1. The Morgan fingerprint density at radius 3 is 2.32 bits per heavy atom. The number of hydrogen-bond acceptors (Lipinski definition) is 2. The maximum absolute atomic E-state index is 14.0. The molecule has 0 bridgehead atoms. The Morgan fingerprint density at radius 1 is 1.26 bits per heavy atom. The number of nitrogens with zero attached hydrogens (tertiary/aromatic N) is 1. The Bertz CT molecular complexity index is 410. The predicted molar refractivity (Wildman–Crippen MR) is 75.8 cm³/mol. The van der Waals surface area contributed by atoms with E-state index in [0.717, 1.165) is 19.4 Å². The second-order valence-electron chi connectivity index (χ2n) is 4.93. The molecule has 1 aliphatic rings. The fourth-order valence-electron chi connectivity index (χ4n) is 2.56. The van der Waals surface area contributed by atoms with Crippen LogP contribution in [0.15, 0.2) is 12.1 Å². The molecule has 0 saturated carbocycles. The first-order valence-corrected chi connectivity index (χ1v) is 7.55. The summed E-state index contributed by atoms with van der Waals surface area (Å²) in [5.41, 5.74) is 0.730. The van der Waals surface area contributed by atoms with Crippen molar-refractivity contribution in [1.82, 2.24) is 0 Å². The van der Waals surface area contributed by atoms with Gasteiger partial charge >= 0.3 is 0 Å². The van der Waals surface area contributed by atoms with Gasteiger partial charge in [-0.1, -0.05) is 15.9 Å². The Hall–Kier alpha value is -0.680. The summed E-state index contributed by atoms with van der Waals surface area (Å²) in [7, 11) is 1.69. The molecule has 19 heavy (non-hydrogen) atoms. The average Bonchev–Trinajstić information content (AvgIpc) is 2.40. The van der Waals surface area contributed by atoms with Gasteiger partial charge in [-0.05, 0) is 36.5 Å². The van der Waals surface area contributed by atoms with Crippen molar-refractivity contribution in [2.75, 3.05) is 31.7 Å². The van der Waals surface area contributed by atoms with Crippen LogP contribution in [-0.4, -0.2) is 26.8 Å². The molecule has 106 valence electrons. The largest absolute Gasteiger partial charge is 0.384 e. The third-order valence-corrected chi connectivity index (χ3v) is 4.21. The number of anilines is 1. The summed E-state index contributed by atoms with van der Waals surface area (Å²) >= 11 is 3.21. The van der Waals surface area contributed by atoms with Crippen molar-refractivity contribution in [2.45, 2.75) is 18.2 Å². The zero-order chi connectivity index (χ0) is 13.8. The first-order chi connectivity index (χ1) is 9.15. The molecule has 1 aromatic carbocycles. The lowest BCUT2D eigenvalue weighted by molar-refractivity contribution is 0.139. The van der Waals surface area contributed by atoms with E-state index in [4.69, 9.17) is 4.74 Å². The van der Waals surface area contributed by atoms with Gasteiger partial charge in [0.25, 0.3) is 0 Å².